The van der Waals surface area contributed by atoms with E-state index in [1.165, 1.54) is 52.3 Å². The van der Waals surface area contributed by atoms with Crippen LogP contribution in [-0.4, -0.2) is 15.0 Å². The predicted octanol–water partition coefficient (Wildman–Crippen LogP) is 12.5. The van der Waals surface area contributed by atoms with Gasteiger partial charge < -0.3 is 0 Å². The topological polar surface area (TPSA) is 38.7 Å². The SMILES string of the molecule is c1ccc(-c2nc(-c3ccccc3)nc(-c3ccc4c(c3)S(c3ccc5ccccc5c3)(c3ccc5ccccc5c3)c3ccccc3-4)n2)cc1. The molecule has 51 heavy (non-hydrogen) atoms. The third-order valence-electron chi connectivity index (χ3n) is 9.93. The first-order valence-electron chi connectivity index (χ1n) is 17.2. The van der Waals surface area contributed by atoms with Gasteiger partial charge in [-0.15, -0.1) is 10.0 Å². The second-order valence-electron chi connectivity index (χ2n) is 12.9. The van der Waals surface area contributed by atoms with Crippen molar-refractivity contribution < 1.29 is 0 Å². The van der Waals surface area contributed by atoms with Gasteiger partial charge in [-0.1, -0.05) is 152 Å². The summed E-state index contributed by atoms with van der Waals surface area (Å²) in [7, 11) is -1.95. The highest BCUT2D eigenvalue weighted by Crippen LogP contribution is 2.80. The zero-order valence-electron chi connectivity index (χ0n) is 27.6. The molecule has 9 aromatic rings. The van der Waals surface area contributed by atoms with Gasteiger partial charge in [0.1, 0.15) is 0 Å². The summed E-state index contributed by atoms with van der Waals surface area (Å²) in [5, 5.41) is 4.95. The van der Waals surface area contributed by atoms with Crippen molar-refractivity contribution >= 4 is 31.6 Å². The Balaban J connectivity index is 1.27. The highest BCUT2D eigenvalue weighted by atomic mass is 32.3. The van der Waals surface area contributed by atoms with Gasteiger partial charge in [-0.25, -0.2) is 15.0 Å². The largest absolute Gasteiger partial charge is 0.208 e. The van der Waals surface area contributed by atoms with Gasteiger partial charge >= 0.3 is 0 Å². The molecule has 10 rings (SSSR count). The Morgan fingerprint density at radius 2 is 0.745 bits per heavy atom. The molecular weight excluding hydrogens is 639 g/mol. The van der Waals surface area contributed by atoms with Crippen LogP contribution in [0, 0.1) is 0 Å². The number of nitrogens with zero attached hydrogens (tertiary/aromatic N) is 3. The Labute approximate surface area is 298 Å². The van der Waals surface area contributed by atoms with Crippen molar-refractivity contribution in [2.75, 3.05) is 0 Å². The molecule has 0 spiro atoms. The molecule has 1 aromatic heterocycles. The molecule has 4 heteroatoms. The van der Waals surface area contributed by atoms with Gasteiger partial charge in [0.05, 0.1) is 0 Å². The standard InChI is InChI=1S/C47H31N3S/c1-3-15-34(16-4-1)45-48-46(35-17-5-2-6-18-35)50-47(49-45)38-25-28-42-41-21-11-12-22-43(41)51(44(42)31-38,39-26-23-32-13-7-9-19-36(32)29-39)40-27-24-33-14-8-10-20-37(33)30-40/h1-31H. The molecule has 0 amide bonds. The molecule has 0 atom stereocenters. The molecule has 0 saturated heterocycles. The molecule has 240 valence electrons. The zero-order valence-corrected chi connectivity index (χ0v) is 28.5. The summed E-state index contributed by atoms with van der Waals surface area (Å²) >= 11 is 0. The molecule has 0 fully saturated rings. The average molecular weight is 670 g/mol. The summed E-state index contributed by atoms with van der Waals surface area (Å²) < 4.78 is 0. The van der Waals surface area contributed by atoms with Crippen LogP contribution < -0.4 is 0 Å². The zero-order chi connectivity index (χ0) is 33.8. The quantitative estimate of drug-likeness (QED) is 0.183. The van der Waals surface area contributed by atoms with Crippen LogP contribution in [0.25, 0.3) is 66.8 Å². The van der Waals surface area contributed by atoms with Crippen LogP contribution in [-0.2, 0) is 0 Å². The maximum Gasteiger partial charge on any atom is 0.164 e. The highest BCUT2D eigenvalue weighted by molar-refractivity contribution is 8.34. The van der Waals surface area contributed by atoms with E-state index in [9.17, 15) is 0 Å². The van der Waals surface area contributed by atoms with E-state index >= 15 is 0 Å². The Hall–Kier alpha value is -6.36. The highest BCUT2D eigenvalue weighted by Gasteiger charge is 2.42. The third kappa shape index (κ3) is 4.79. The van der Waals surface area contributed by atoms with E-state index in [0.717, 1.165) is 16.7 Å². The summed E-state index contributed by atoms with van der Waals surface area (Å²) in [6, 6.07) is 67.7. The molecule has 1 aliphatic rings. The van der Waals surface area contributed by atoms with Crippen molar-refractivity contribution in [1.82, 2.24) is 15.0 Å². The van der Waals surface area contributed by atoms with Gasteiger partial charge in [0.2, 0.25) is 0 Å². The number of aromatic nitrogens is 3. The summed E-state index contributed by atoms with van der Waals surface area (Å²) in [6.07, 6.45) is 0. The smallest absolute Gasteiger partial charge is 0.164 e. The molecule has 0 radical (unpaired) electrons. The van der Waals surface area contributed by atoms with Gasteiger partial charge in [-0.3, -0.25) is 0 Å². The lowest BCUT2D eigenvalue weighted by Crippen LogP contribution is -2.03. The minimum atomic E-state index is -1.95. The Morgan fingerprint density at radius 3 is 1.31 bits per heavy atom. The van der Waals surface area contributed by atoms with Gasteiger partial charge in [-0.2, -0.15) is 0 Å². The van der Waals surface area contributed by atoms with Gasteiger partial charge in [-0.05, 0) is 69.1 Å². The fourth-order valence-electron chi connectivity index (χ4n) is 7.51. The summed E-state index contributed by atoms with van der Waals surface area (Å²) in [5.41, 5.74) is 5.42. The normalized spacial score (nSPS) is 13.5. The first kappa shape index (κ1) is 29.5. The van der Waals surface area contributed by atoms with E-state index in [4.69, 9.17) is 15.0 Å². The van der Waals surface area contributed by atoms with E-state index in [1.54, 1.807) is 0 Å². The number of hydrogen-bond donors (Lipinski definition) is 0. The van der Waals surface area contributed by atoms with E-state index in [1.807, 2.05) is 36.4 Å². The monoisotopic (exact) mass is 669 g/mol. The van der Waals surface area contributed by atoms with Crippen LogP contribution in [0.3, 0.4) is 0 Å². The minimum absolute atomic E-state index is 0.658. The lowest BCUT2D eigenvalue weighted by atomic mass is 10.0. The molecule has 3 nitrogen and oxygen atoms in total. The first-order valence-corrected chi connectivity index (χ1v) is 18.8. The lowest BCUT2D eigenvalue weighted by Gasteiger charge is -2.39. The summed E-state index contributed by atoms with van der Waals surface area (Å²) in [6.45, 7) is 0. The maximum absolute atomic E-state index is 5.14. The van der Waals surface area contributed by atoms with Crippen molar-refractivity contribution in [3.05, 3.63) is 188 Å². The Kier molecular flexibility index (Phi) is 6.90. The van der Waals surface area contributed by atoms with Crippen LogP contribution >= 0.6 is 10.0 Å². The summed E-state index contributed by atoms with van der Waals surface area (Å²) in [5.74, 6) is 1.98. The minimum Gasteiger partial charge on any atom is -0.208 e. The molecule has 8 aromatic carbocycles. The van der Waals surface area contributed by atoms with Crippen molar-refractivity contribution in [3.63, 3.8) is 0 Å². The van der Waals surface area contributed by atoms with Crippen LogP contribution in [0.1, 0.15) is 0 Å². The maximum atomic E-state index is 5.14. The van der Waals surface area contributed by atoms with Crippen molar-refractivity contribution in [2.24, 2.45) is 0 Å². The van der Waals surface area contributed by atoms with Crippen LogP contribution in [0.4, 0.5) is 0 Å². The van der Waals surface area contributed by atoms with Crippen LogP contribution in [0.5, 0.6) is 0 Å². The van der Waals surface area contributed by atoms with Crippen molar-refractivity contribution in [1.29, 1.82) is 0 Å². The van der Waals surface area contributed by atoms with E-state index < -0.39 is 10.0 Å². The average Bonchev–Trinajstić information content (AvgIpc) is 3.51. The molecule has 0 saturated carbocycles. The Morgan fingerprint density at radius 1 is 0.294 bits per heavy atom. The molecule has 0 bridgehead atoms. The second-order valence-corrected chi connectivity index (χ2v) is 15.9. The van der Waals surface area contributed by atoms with Crippen LogP contribution in [0.2, 0.25) is 0 Å². The molecule has 2 heterocycles. The molecule has 0 N–H and O–H groups in total. The molecule has 1 aliphatic heterocycles. The molecule has 0 aliphatic carbocycles. The van der Waals surface area contributed by atoms with Crippen molar-refractivity contribution in [2.45, 2.75) is 19.6 Å². The van der Waals surface area contributed by atoms with Gasteiger partial charge in [0.15, 0.2) is 17.5 Å². The first-order chi connectivity index (χ1) is 25.3. The number of rotatable bonds is 5. The predicted molar refractivity (Wildman–Crippen MR) is 210 cm³/mol. The van der Waals surface area contributed by atoms with E-state index in [0.29, 0.717) is 17.5 Å². The van der Waals surface area contributed by atoms with E-state index in [2.05, 4.69) is 152 Å². The van der Waals surface area contributed by atoms with Crippen LogP contribution in [0.15, 0.2) is 208 Å². The molecular formula is C47H31N3S. The third-order valence-corrected chi connectivity index (χ3v) is 13.9. The summed E-state index contributed by atoms with van der Waals surface area (Å²) in [4.78, 5) is 20.5. The fraction of sp³-hybridized carbons (Fsp3) is 0. The Bertz CT molecular complexity index is 2620. The fourth-order valence-corrected chi connectivity index (χ4v) is 11.8. The number of benzene rings is 8. The number of fused-ring (bicyclic) bond motifs is 5. The van der Waals surface area contributed by atoms with Gasteiger partial charge in [0.25, 0.3) is 0 Å². The molecule has 0 unspecified atom stereocenters. The van der Waals surface area contributed by atoms with Crippen molar-refractivity contribution in [3.8, 4) is 45.3 Å². The number of hydrogen-bond acceptors (Lipinski definition) is 3. The lowest BCUT2D eigenvalue weighted by molar-refractivity contribution is 1.07. The van der Waals surface area contributed by atoms with Gasteiger partial charge in [0, 0.05) is 36.3 Å². The van der Waals surface area contributed by atoms with E-state index in [-0.39, 0.29) is 0 Å². The second kappa shape index (κ2) is 11.9.